The highest BCUT2D eigenvalue weighted by Gasteiger charge is 2.26. The number of nitrogens with zero attached hydrogens (tertiary/aromatic N) is 3. The Hall–Kier alpha value is -3.65. The second kappa shape index (κ2) is 11.2. The minimum absolute atomic E-state index is 0.000708. The molecule has 0 aliphatic heterocycles. The van der Waals surface area contributed by atoms with E-state index in [9.17, 15) is 9.59 Å². The molecule has 1 aliphatic rings. The maximum Gasteiger partial charge on any atom is 0.255 e. The van der Waals surface area contributed by atoms with Crippen molar-refractivity contribution in [3.8, 4) is 11.5 Å². The number of carbonyl (C=O) groups is 2. The van der Waals surface area contributed by atoms with E-state index in [1.54, 1.807) is 19.1 Å². The zero-order valence-electron chi connectivity index (χ0n) is 20.7. The Labute approximate surface area is 210 Å². The summed E-state index contributed by atoms with van der Waals surface area (Å²) in [5, 5.41) is 2.65. The van der Waals surface area contributed by atoms with Crippen molar-refractivity contribution in [2.75, 3.05) is 32.2 Å². The molecule has 2 aromatic rings. The molecule has 0 atom stereocenters. The second-order valence-electron chi connectivity index (χ2n) is 7.79. The summed E-state index contributed by atoms with van der Waals surface area (Å²) in [7, 11) is 2.99. The molecule has 0 unspecified atom stereocenters. The molecule has 0 bridgehead atoms. The number of anilines is 1. The Morgan fingerprint density at radius 3 is 2.37 bits per heavy atom. The third kappa shape index (κ3) is 5.54. The van der Waals surface area contributed by atoms with Gasteiger partial charge in [0.05, 0.1) is 42.0 Å². The van der Waals surface area contributed by atoms with Crippen LogP contribution >= 0.6 is 11.6 Å². The van der Waals surface area contributed by atoms with E-state index in [4.69, 9.17) is 26.1 Å². The largest absolute Gasteiger partial charge is 0.493 e. The lowest BCUT2D eigenvalue weighted by Crippen LogP contribution is -2.31. The lowest BCUT2D eigenvalue weighted by Gasteiger charge is -2.20. The molecule has 0 spiro atoms. The number of aromatic nitrogens is 1. The molecule has 1 heterocycles. The van der Waals surface area contributed by atoms with Crippen LogP contribution < -0.4 is 19.7 Å². The lowest BCUT2D eigenvalue weighted by atomic mass is 10.0. The molecular weight excluding hydrogens is 468 g/mol. The van der Waals surface area contributed by atoms with E-state index in [0.29, 0.717) is 34.0 Å². The number of aliphatic imine (C=N–C) groups is 1. The van der Waals surface area contributed by atoms with E-state index in [1.165, 1.54) is 26.4 Å². The van der Waals surface area contributed by atoms with Gasteiger partial charge in [0.2, 0.25) is 5.78 Å². The van der Waals surface area contributed by atoms with Crippen molar-refractivity contribution in [1.29, 1.82) is 0 Å². The Kier molecular flexibility index (Phi) is 8.30. The van der Waals surface area contributed by atoms with Gasteiger partial charge in [0.25, 0.3) is 5.91 Å². The van der Waals surface area contributed by atoms with Crippen molar-refractivity contribution in [2.45, 2.75) is 27.7 Å². The molecule has 0 fully saturated rings. The number of Topliss-reactive ketones (excluding diaryl/α,β-unsaturated/α-hetero) is 1. The van der Waals surface area contributed by atoms with E-state index in [0.717, 1.165) is 24.6 Å². The molecule has 184 valence electrons. The maximum absolute atomic E-state index is 12.9. The molecule has 0 saturated heterocycles. The van der Waals surface area contributed by atoms with Crippen LogP contribution in [0.3, 0.4) is 0 Å². The summed E-state index contributed by atoms with van der Waals surface area (Å²) in [6.07, 6.45) is 1.53. The number of methoxy groups -OCH3 is 2. The normalized spacial score (nSPS) is 14.7. The number of allylic oxidation sites excluding steroid dienone is 3. The smallest absolute Gasteiger partial charge is 0.255 e. The van der Waals surface area contributed by atoms with Gasteiger partial charge >= 0.3 is 0 Å². The Morgan fingerprint density at radius 1 is 1.09 bits per heavy atom. The zero-order chi connectivity index (χ0) is 25.7. The molecule has 0 radical (unpaired) electrons. The zero-order valence-corrected chi connectivity index (χ0v) is 21.5. The highest BCUT2D eigenvalue weighted by Crippen LogP contribution is 2.29. The van der Waals surface area contributed by atoms with Gasteiger partial charge in [-0.25, -0.2) is 9.98 Å². The van der Waals surface area contributed by atoms with Gasteiger partial charge in [-0.1, -0.05) is 11.6 Å². The second-order valence-corrected chi connectivity index (χ2v) is 8.17. The number of hydrogen-bond acceptors (Lipinski definition) is 7. The molecule has 1 N–H and O–H groups in total. The number of amides is 1. The number of nitrogens with one attached hydrogen (secondary N) is 1. The summed E-state index contributed by atoms with van der Waals surface area (Å²) in [5.41, 5.74) is 2.71. The molecule has 9 heteroatoms. The molecule has 1 aliphatic carbocycles. The third-order valence-corrected chi connectivity index (χ3v) is 6.16. The molecule has 1 amide bonds. The first-order valence-corrected chi connectivity index (χ1v) is 11.6. The number of ketones is 1. The number of aryl methyl sites for hydroxylation is 1. The quantitative estimate of drug-likeness (QED) is 0.531. The number of pyridine rings is 1. The third-order valence-electron chi connectivity index (χ3n) is 5.70. The summed E-state index contributed by atoms with van der Waals surface area (Å²) in [5.74, 6) is 0.790. The number of carbonyl (C=O) groups excluding carboxylic acids is 2. The fourth-order valence-electron chi connectivity index (χ4n) is 3.60. The standard InChI is InChI=1S/C26H29ClN4O4/c1-7-31(8-2)23-12-10-18(16(4)28-23)29-19-14-20(25(32)24(27)15(19)3)30-26(33)17-9-11-21(34-5)22(13-17)35-6/h9-14H,7-8H2,1-6H3,(H,30,33)/b29-19+. The predicted molar refractivity (Wildman–Crippen MR) is 138 cm³/mol. The van der Waals surface area contributed by atoms with Crippen LogP contribution in [0.1, 0.15) is 36.8 Å². The fraction of sp³-hybridized carbons (Fsp3) is 0.308. The van der Waals surface area contributed by atoms with E-state index >= 15 is 0 Å². The van der Waals surface area contributed by atoms with Crippen LogP contribution in [0.25, 0.3) is 0 Å². The molecule has 3 rings (SSSR count). The van der Waals surface area contributed by atoms with Crippen molar-refractivity contribution in [1.82, 2.24) is 10.3 Å². The first-order chi connectivity index (χ1) is 16.7. The average Bonchev–Trinajstić information content (AvgIpc) is 2.87. The van der Waals surface area contributed by atoms with Gasteiger partial charge in [0, 0.05) is 18.7 Å². The molecule has 35 heavy (non-hydrogen) atoms. The van der Waals surface area contributed by atoms with E-state index in [1.807, 2.05) is 19.1 Å². The van der Waals surface area contributed by atoms with E-state index in [-0.39, 0.29) is 10.7 Å². The number of hydrogen-bond donors (Lipinski definition) is 1. The van der Waals surface area contributed by atoms with Crippen molar-refractivity contribution < 1.29 is 19.1 Å². The fourth-order valence-corrected chi connectivity index (χ4v) is 3.80. The summed E-state index contributed by atoms with van der Waals surface area (Å²) < 4.78 is 10.5. The van der Waals surface area contributed by atoms with Crippen LogP contribution in [-0.4, -0.2) is 49.7 Å². The van der Waals surface area contributed by atoms with Gasteiger partial charge in [-0.15, -0.1) is 0 Å². The minimum Gasteiger partial charge on any atom is -0.493 e. The molecule has 1 aromatic carbocycles. The molecule has 8 nitrogen and oxygen atoms in total. The Bertz CT molecular complexity index is 1250. The van der Waals surface area contributed by atoms with E-state index < -0.39 is 11.7 Å². The number of halogens is 1. The summed E-state index contributed by atoms with van der Waals surface area (Å²) >= 11 is 6.33. The van der Waals surface area contributed by atoms with Crippen LogP contribution in [0.2, 0.25) is 0 Å². The van der Waals surface area contributed by atoms with Crippen molar-refractivity contribution in [3.63, 3.8) is 0 Å². The Balaban J connectivity index is 1.93. The van der Waals surface area contributed by atoms with Gasteiger partial charge in [-0.3, -0.25) is 9.59 Å². The van der Waals surface area contributed by atoms with Crippen molar-refractivity contribution >= 4 is 40.5 Å². The van der Waals surface area contributed by atoms with Gasteiger partial charge in [0.1, 0.15) is 5.82 Å². The van der Waals surface area contributed by atoms with Crippen LogP contribution in [0, 0.1) is 6.92 Å². The summed E-state index contributed by atoms with van der Waals surface area (Å²) in [6.45, 7) is 9.45. The average molecular weight is 497 g/mol. The van der Waals surface area contributed by atoms with Gasteiger partial charge in [-0.2, -0.15) is 0 Å². The molecule has 1 aromatic heterocycles. The SMILES string of the molecule is CCN(CC)c1ccc(/N=C2\C=C(NC(=O)c3ccc(OC)c(OC)c3)C(=O)C(Cl)=C2C)c(C)n1. The first-order valence-electron chi connectivity index (χ1n) is 11.2. The van der Waals surface area contributed by atoms with Gasteiger partial charge in [0.15, 0.2) is 11.5 Å². The minimum atomic E-state index is -0.490. The maximum atomic E-state index is 12.9. The van der Waals surface area contributed by atoms with Crippen LogP contribution in [0.15, 0.2) is 57.7 Å². The van der Waals surface area contributed by atoms with Crippen LogP contribution in [0.5, 0.6) is 11.5 Å². The van der Waals surface area contributed by atoms with Crippen molar-refractivity contribution in [2.24, 2.45) is 4.99 Å². The van der Waals surface area contributed by atoms with Crippen molar-refractivity contribution in [3.05, 3.63) is 64.0 Å². The predicted octanol–water partition coefficient (Wildman–Crippen LogP) is 4.74. The molecule has 0 saturated carbocycles. The monoisotopic (exact) mass is 496 g/mol. The van der Waals surface area contributed by atoms with Crippen LogP contribution in [-0.2, 0) is 4.79 Å². The van der Waals surface area contributed by atoms with E-state index in [2.05, 4.69) is 29.0 Å². The highest BCUT2D eigenvalue weighted by atomic mass is 35.5. The summed E-state index contributed by atoms with van der Waals surface area (Å²) in [6, 6.07) is 8.53. The topological polar surface area (TPSA) is 93.1 Å². The van der Waals surface area contributed by atoms with Gasteiger partial charge < -0.3 is 19.7 Å². The highest BCUT2D eigenvalue weighted by molar-refractivity contribution is 6.49. The number of rotatable bonds is 8. The first kappa shape index (κ1) is 26.0. The number of benzene rings is 1. The number of ether oxygens (including phenoxy) is 2. The summed E-state index contributed by atoms with van der Waals surface area (Å²) in [4.78, 5) is 37.2. The molecular formula is C26H29ClN4O4. The lowest BCUT2D eigenvalue weighted by molar-refractivity contribution is -0.112. The van der Waals surface area contributed by atoms with Crippen LogP contribution in [0.4, 0.5) is 11.5 Å². The Morgan fingerprint density at radius 2 is 1.77 bits per heavy atom. The van der Waals surface area contributed by atoms with Gasteiger partial charge in [-0.05, 0) is 69.7 Å².